The maximum atomic E-state index is 4.61. The van der Waals surface area contributed by atoms with Crippen LogP contribution in [0.1, 0.15) is 0 Å². The molecule has 4 aromatic rings. The van der Waals surface area contributed by atoms with Gasteiger partial charge < -0.3 is 14.9 Å². The Kier molecular flexibility index (Phi) is 2.26. The molecule has 0 radical (unpaired) electrons. The van der Waals surface area contributed by atoms with E-state index < -0.39 is 0 Å². The fourth-order valence-corrected chi connectivity index (χ4v) is 2.35. The average molecular weight is 263 g/mol. The number of fused-ring (bicyclic) bond motifs is 2. The minimum absolute atomic E-state index is 0.882. The standard InChI is InChI=1S/C15H13N5/c1-20(11-8-13-12(18-9-11)5-7-16-13)14-3-2-10-4-6-17-15(10)19-14/h2-9,16H,1H3,(H,17,19). The van der Waals surface area contributed by atoms with E-state index in [2.05, 4.69) is 32.1 Å². The number of rotatable bonds is 2. The van der Waals surface area contributed by atoms with Crippen LogP contribution in [0.25, 0.3) is 22.1 Å². The number of anilines is 2. The Bertz CT molecular complexity index is 815. The monoisotopic (exact) mass is 263 g/mol. The Hall–Kier alpha value is -2.82. The first-order valence-corrected chi connectivity index (χ1v) is 6.42. The lowest BCUT2D eigenvalue weighted by Gasteiger charge is -2.17. The van der Waals surface area contributed by atoms with Gasteiger partial charge in [-0.1, -0.05) is 0 Å². The predicted molar refractivity (Wildman–Crippen MR) is 80.3 cm³/mol. The second-order valence-electron chi connectivity index (χ2n) is 4.75. The molecule has 0 aliphatic heterocycles. The number of nitrogens with zero attached hydrogens (tertiary/aromatic N) is 3. The molecule has 0 aliphatic carbocycles. The summed E-state index contributed by atoms with van der Waals surface area (Å²) in [6.07, 6.45) is 5.65. The van der Waals surface area contributed by atoms with Crippen molar-refractivity contribution in [2.45, 2.75) is 0 Å². The Morgan fingerprint density at radius 1 is 1.05 bits per heavy atom. The van der Waals surface area contributed by atoms with Gasteiger partial charge in [0.1, 0.15) is 11.5 Å². The molecule has 98 valence electrons. The molecule has 20 heavy (non-hydrogen) atoms. The summed E-state index contributed by atoms with van der Waals surface area (Å²) in [5.41, 5.74) is 3.88. The topological polar surface area (TPSA) is 60.6 Å². The van der Waals surface area contributed by atoms with Crippen molar-refractivity contribution < 1.29 is 0 Å². The van der Waals surface area contributed by atoms with E-state index in [9.17, 15) is 0 Å². The van der Waals surface area contributed by atoms with Crippen molar-refractivity contribution in [3.8, 4) is 0 Å². The first-order chi connectivity index (χ1) is 9.81. The smallest absolute Gasteiger partial charge is 0.139 e. The molecule has 4 aromatic heterocycles. The summed E-state index contributed by atoms with van der Waals surface area (Å²) in [5, 5.41) is 1.11. The molecule has 5 nitrogen and oxygen atoms in total. The molecule has 0 aromatic carbocycles. The van der Waals surface area contributed by atoms with E-state index in [-0.39, 0.29) is 0 Å². The molecule has 0 spiro atoms. The molecule has 2 N–H and O–H groups in total. The van der Waals surface area contributed by atoms with E-state index in [1.807, 2.05) is 48.7 Å². The summed E-state index contributed by atoms with van der Waals surface area (Å²) in [6, 6.07) is 10.1. The molecular formula is C15H13N5. The lowest BCUT2D eigenvalue weighted by atomic mass is 10.3. The van der Waals surface area contributed by atoms with Gasteiger partial charge in [0.25, 0.3) is 0 Å². The molecule has 0 unspecified atom stereocenters. The van der Waals surface area contributed by atoms with E-state index >= 15 is 0 Å². The lowest BCUT2D eigenvalue weighted by molar-refractivity contribution is 1.13. The van der Waals surface area contributed by atoms with Crippen LogP contribution >= 0.6 is 0 Å². The number of pyridine rings is 2. The predicted octanol–water partition coefficient (Wildman–Crippen LogP) is 3.21. The maximum absolute atomic E-state index is 4.61. The molecule has 0 fully saturated rings. The Labute approximate surface area is 115 Å². The first kappa shape index (κ1) is 11.0. The highest BCUT2D eigenvalue weighted by molar-refractivity contribution is 5.81. The van der Waals surface area contributed by atoms with Crippen molar-refractivity contribution in [1.29, 1.82) is 0 Å². The Morgan fingerprint density at radius 3 is 2.90 bits per heavy atom. The van der Waals surface area contributed by atoms with E-state index in [4.69, 9.17) is 0 Å². The lowest BCUT2D eigenvalue weighted by Crippen LogP contribution is -2.11. The summed E-state index contributed by atoms with van der Waals surface area (Å²) in [5.74, 6) is 0.882. The van der Waals surface area contributed by atoms with Gasteiger partial charge in [-0.15, -0.1) is 0 Å². The fraction of sp³-hybridized carbons (Fsp3) is 0.0667. The van der Waals surface area contributed by atoms with Gasteiger partial charge >= 0.3 is 0 Å². The van der Waals surface area contributed by atoms with Crippen molar-refractivity contribution in [2.24, 2.45) is 0 Å². The summed E-state index contributed by atoms with van der Waals surface area (Å²) in [7, 11) is 1.99. The summed E-state index contributed by atoms with van der Waals surface area (Å²) < 4.78 is 0. The minimum atomic E-state index is 0.882. The normalized spacial score (nSPS) is 11.2. The van der Waals surface area contributed by atoms with Crippen LogP contribution in [-0.2, 0) is 0 Å². The molecule has 0 amide bonds. The van der Waals surface area contributed by atoms with Gasteiger partial charge in [0.15, 0.2) is 0 Å². The van der Waals surface area contributed by atoms with Crippen LogP contribution < -0.4 is 4.90 Å². The third kappa shape index (κ3) is 1.64. The third-order valence-electron chi connectivity index (χ3n) is 3.51. The summed E-state index contributed by atoms with van der Waals surface area (Å²) in [4.78, 5) is 17.4. The van der Waals surface area contributed by atoms with E-state index in [0.717, 1.165) is 33.6 Å². The van der Waals surface area contributed by atoms with Crippen molar-refractivity contribution in [1.82, 2.24) is 19.9 Å². The largest absolute Gasteiger partial charge is 0.360 e. The number of H-pyrrole nitrogens is 2. The SMILES string of the molecule is CN(c1cnc2cc[nH]c2c1)c1ccc2cc[nH]c2n1. The molecule has 0 saturated heterocycles. The highest BCUT2D eigenvalue weighted by Crippen LogP contribution is 2.25. The maximum Gasteiger partial charge on any atom is 0.139 e. The van der Waals surface area contributed by atoms with E-state index in [0.29, 0.717) is 0 Å². The zero-order chi connectivity index (χ0) is 13.5. The van der Waals surface area contributed by atoms with Crippen LogP contribution in [0.5, 0.6) is 0 Å². The minimum Gasteiger partial charge on any atom is -0.360 e. The summed E-state index contributed by atoms with van der Waals surface area (Å²) >= 11 is 0. The third-order valence-corrected chi connectivity index (χ3v) is 3.51. The number of aromatic amines is 2. The van der Waals surface area contributed by atoms with Crippen molar-refractivity contribution >= 4 is 33.6 Å². The summed E-state index contributed by atoms with van der Waals surface area (Å²) in [6.45, 7) is 0. The Balaban J connectivity index is 1.79. The van der Waals surface area contributed by atoms with Gasteiger partial charge in [0.2, 0.25) is 0 Å². The van der Waals surface area contributed by atoms with Gasteiger partial charge in [-0.05, 0) is 30.3 Å². The first-order valence-electron chi connectivity index (χ1n) is 6.42. The average Bonchev–Trinajstić information content (AvgIpc) is 3.13. The van der Waals surface area contributed by atoms with Crippen LogP contribution in [0, 0.1) is 0 Å². The van der Waals surface area contributed by atoms with Gasteiger partial charge in [-0.2, -0.15) is 0 Å². The number of aromatic nitrogens is 4. The second kappa shape index (κ2) is 4.09. The van der Waals surface area contributed by atoms with Gasteiger partial charge in [-0.25, -0.2) is 4.98 Å². The molecule has 5 heteroatoms. The van der Waals surface area contributed by atoms with E-state index in [1.165, 1.54) is 0 Å². The van der Waals surface area contributed by atoms with Crippen LogP contribution in [0.15, 0.2) is 48.9 Å². The highest BCUT2D eigenvalue weighted by atomic mass is 15.2. The molecule has 0 aliphatic rings. The second-order valence-corrected chi connectivity index (χ2v) is 4.75. The van der Waals surface area contributed by atoms with Gasteiger partial charge in [0, 0.05) is 24.8 Å². The van der Waals surface area contributed by atoms with Gasteiger partial charge in [0.05, 0.1) is 22.9 Å². The number of nitrogens with one attached hydrogen (secondary N) is 2. The van der Waals surface area contributed by atoms with Gasteiger partial charge in [-0.3, -0.25) is 4.98 Å². The zero-order valence-electron chi connectivity index (χ0n) is 11.0. The number of hydrogen-bond donors (Lipinski definition) is 2. The molecular weight excluding hydrogens is 250 g/mol. The van der Waals surface area contributed by atoms with Crippen LogP contribution in [0.2, 0.25) is 0 Å². The van der Waals surface area contributed by atoms with Crippen molar-refractivity contribution in [3.63, 3.8) is 0 Å². The van der Waals surface area contributed by atoms with Crippen LogP contribution in [0.4, 0.5) is 11.5 Å². The van der Waals surface area contributed by atoms with Crippen molar-refractivity contribution in [2.75, 3.05) is 11.9 Å². The highest BCUT2D eigenvalue weighted by Gasteiger charge is 2.08. The quantitative estimate of drug-likeness (QED) is 0.584. The molecule has 0 bridgehead atoms. The molecule has 4 heterocycles. The van der Waals surface area contributed by atoms with E-state index in [1.54, 1.807) is 0 Å². The zero-order valence-corrected chi connectivity index (χ0v) is 11.0. The van der Waals surface area contributed by atoms with Crippen LogP contribution in [0.3, 0.4) is 0 Å². The number of hydrogen-bond acceptors (Lipinski definition) is 3. The Morgan fingerprint density at radius 2 is 1.95 bits per heavy atom. The molecule has 4 rings (SSSR count). The van der Waals surface area contributed by atoms with Crippen LogP contribution in [-0.4, -0.2) is 27.0 Å². The van der Waals surface area contributed by atoms with Crippen molar-refractivity contribution in [3.05, 3.63) is 48.9 Å². The fourth-order valence-electron chi connectivity index (χ4n) is 2.35. The molecule has 0 saturated carbocycles. The molecule has 0 atom stereocenters.